The Bertz CT molecular complexity index is 477. The van der Waals surface area contributed by atoms with Crippen LogP contribution < -0.4 is 5.32 Å². The predicted octanol–water partition coefficient (Wildman–Crippen LogP) is 2.41. The fraction of sp³-hybridized carbons (Fsp3) is 0.611. The molecule has 0 aromatic heterocycles. The molecule has 2 atom stereocenters. The van der Waals surface area contributed by atoms with Gasteiger partial charge in [-0.05, 0) is 44.2 Å². The van der Waals surface area contributed by atoms with Crippen molar-refractivity contribution in [3.63, 3.8) is 0 Å². The van der Waals surface area contributed by atoms with Crippen molar-refractivity contribution in [2.45, 2.75) is 44.2 Å². The van der Waals surface area contributed by atoms with Crippen LogP contribution in [-0.2, 0) is 16.0 Å². The van der Waals surface area contributed by atoms with Crippen molar-refractivity contribution in [3.8, 4) is 0 Å². The largest absolute Gasteiger partial charge is 0.376 e. The first-order valence-electron chi connectivity index (χ1n) is 8.50. The smallest absolute Gasteiger partial charge is 0.239 e. The lowest BCUT2D eigenvalue weighted by atomic mass is 10.1. The van der Waals surface area contributed by atoms with Gasteiger partial charge in [-0.15, -0.1) is 12.4 Å². The Morgan fingerprint density at radius 3 is 2.83 bits per heavy atom. The highest BCUT2D eigenvalue weighted by atomic mass is 35.5. The molecule has 23 heavy (non-hydrogen) atoms. The average Bonchev–Trinajstić information content (AvgIpc) is 3.24. The van der Waals surface area contributed by atoms with Crippen LogP contribution in [-0.4, -0.2) is 49.2 Å². The number of hydrogen-bond donors (Lipinski definition) is 1. The SMILES string of the molecule is Cl.O=C(C1CCCN1)N1CCC(OCCCc2ccccc2)C1. The van der Waals surface area contributed by atoms with E-state index in [1.807, 2.05) is 11.0 Å². The van der Waals surface area contributed by atoms with Gasteiger partial charge in [-0.2, -0.15) is 0 Å². The number of nitrogens with zero attached hydrogens (tertiary/aromatic N) is 1. The molecule has 0 bridgehead atoms. The van der Waals surface area contributed by atoms with Gasteiger partial charge in [-0.1, -0.05) is 30.3 Å². The molecule has 0 aliphatic carbocycles. The van der Waals surface area contributed by atoms with E-state index in [0.717, 1.165) is 58.3 Å². The summed E-state index contributed by atoms with van der Waals surface area (Å²) in [6.07, 6.45) is 5.40. The molecule has 2 aliphatic heterocycles. The third-order valence-corrected chi connectivity index (χ3v) is 4.62. The molecule has 1 aromatic rings. The summed E-state index contributed by atoms with van der Waals surface area (Å²) in [7, 11) is 0. The molecule has 2 aliphatic rings. The van der Waals surface area contributed by atoms with E-state index in [9.17, 15) is 4.79 Å². The van der Waals surface area contributed by atoms with Crippen LogP contribution >= 0.6 is 12.4 Å². The molecule has 4 nitrogen and oxygen atoms in total. The minimum atomic E-state index is 0. The number of amides is 1. The molecule has 5 heteroatoms. The van der Waals surface area contributed by atoms with E-state index >= 15 is 0 Å². The van der Waals surface area contributed by atoms with Crippen molar-refractivity contribution in [3.05, 3.63) is 35.9 Å². The number of carbonyl (C=O) groups is 1. The first-order valence-corrected chi connectivity index (χ1v) is 8.50. The Hall–Kier alpha value is -1.10. The van der Waals surface area contributed by atoms with Gasteiger partial charge >= 0.3 is 0 Å². The molecule has 1 amide bonds. The minimum absolute atomic E-state index is 0. The Labute approximate surface area is 145 Å². The van der Waals surface area contributed by atoms with Crippen LogP contribution in [0.2, 0.25) is 0 Å². The number of benzene rings is 1. The fourth-order valence-electron chi connectivity index (χ4n) is 3.35. The lowest BCUT2D eigenvalue weighted by Gasteiger charge is -2.20. The number of hydrogen-bond acceptors (Lipinski definition) is 3. The standard InChI is InChI=1S/C18H26N2O2.ClH/c21-18(17-9-4-11-19-17)20-12-10-16(14-20)22-13-5-8-15-6-2-1-3-7-15;/h1-3,6-7,16-17,19H,4-5,8-14H2;1H. The van der Waals surface area contributed by atoms with Gasteiger partial charge in [-0.25, -0.2) is 0 Å². The van der Waals surface area contributed by atoms with Gasteiger partial charge < -0.3 is 15.0 Å². The molecule has 1 N–H and O–H groups in total. The summed E-state index contributed by atoms with van der Waals surface area (Å²) in [5, 5.41) is 3.29. The minimum Gasteiger partial charge on any atom is -0.376 e. The lowest BCUT2D eigenvalue weighted by Crippen LogP contribution is -2.42. The van der Waals surface area contributed by atoms with Gasteiger partial charge in [0.15, 0.2) is 0 Å². The number of rotatable bonds is 6. The molecule has 2 fully saturated rings. The number of halogens is 1. The molecule has 0 radical (unpaired) electrons. The predicted molar refractivity (Wildman–Crippen MR) is 94.0 cm³/mol. The van der Waals surface area contributed by atoms with Crippen LogP contribution in [0.25, 0.3) is 0 Å². The lowest BCUT2D eigenvalue weighted by molar-refractivity contribution is -0.132. The summed E-state index contributed by atoms with van der Waals surface area (Å²) >= 11 is 0. The molecule has 3 rings (SSSR count). The second kappa shape index (κ2) is 9.26. The Kier molecular flexibility index (Phi) is 7.34. The van der Waals surface area contributed by atoms with Crippen molar-refractivity contribution in [2.24, 2.45) is 0 Å². The highest BCUT2D eigenvalue weighted by molar-refractivity contribution is 5.85. The zero-order valence-corrected chi connectivity index (χ0v) is 14.4. The highest BCUT2D eigenvalue weighted by Gasteiger charge is 2.32. The Morgan fingerprint density at radius 1 is 1.26 bits per heavy atom. The molecule has 128 valence electrons. The molecule has 1 aromatic carbocycles. The van der Waals surface area contributed by atoms with E-state index in [1.165, 1.54) is 5.56 Å². The third-order valence-electron chi connectivity index (χ3n) is 4.62. The highest BCUT2D eigenvalue weighted by Crippen LogP contribution is 2.17. The van der Waals surface area contributed by atoms with E-state index in [2.05, 4.69) is 29.6 Å². The second-order valence-electron chi connectivity index (χ2n) is 6.30. The monoisotopic (exact) mass is 338 g/mol. The molecule has 0 saturated carbocycles. The summed E-state index contributed by atoms with van der Waals surface area (Å²) in [5.41, 5.74) is 1.36. The molecular weight excluding hydrogens is 312 g/mol. The van der Waals surface area contributed by atoms with Crippen LogP contribution in [0.5, 0.6) is 0 Å². The summed E-state index contributed by atoms with van der Waals surface area (Å²) in [6.45, 7) is 3.37. The maximum absolute atomic E-state index is 12.3. The molecule has 0 spiro atoms. The topological polar surface area (TPSA) is 41.6 Å². The van der Waals surface area contributed by atoms with Crippen LogP contribution in [0.3, 0.4) is 0 Å². The third kappa shape index (κ3) is 5.20. The van der Waals surface area contributed by atoms with Crippen molar-refractivity contribution in [1.82, 2.24) is 10.2 Å². The average molecular weight is 339 g/mol. The van der Waals surface area contributed by atoms with E-state index in [-0.39, 0.29) is 30.5 Å². The molecular formula is C18H27ClN2O2. The molecule has 2 heterocycles. The van der Waals surface area contributed by atoms with Crippen LogP contribution in [0.1, 0.15) is 31.2 Å². The fourth-order valence-corrected chi connectivity index (χ4v) is 3.35. The van der Waals surface area contributed by atoms with Gasteiger partial charge in [0.05, 0.1) is 12.1 Å². The zero-order chi connectivity index (χ0) is 15.2. The Balaban J connectivity index is 0.00000192. The number of nitrogens with one attached hydrogen (secondary N) is 1. The molecule has 2 saturated heterocycles. The van der Waals surface area contributed by atoms with E-state index < -0.39 is 0 Å². The van der Waals surface area contributed by atoms with Crippen LogP contribution in [0.4, 0.5) is 0 Å². The van der Waals surface area contributed by atoms with Gasteiger partial charge in [-0.3, -0.25) is 4.79 Å². The maximum atomic E-state index is 12.3. The summed E-state index contributed by atoms with van der Waals surface area (Å²) in [5.74, 6) is 0.271. The number of carbonyl (C=O) groups excluding carboxylic acids is 1. The van der Waals surface area contributed by atoms with Gasteiger partial charge in [0.1, 0.15) is 0 Å². The van der Waals surface area contributed by atoms with Crippen molar-refractivity contribution < 1.29 is 9.53 Å². The number of likely N-dealkylation sites (tertiary alicyclic amines) is 1. The maximum Gasteiger partial charge on any atom is 0.239 e. The summed E-state index contributed by atoms with van der Waals surface area (Å²) in [4.78, 5) is 14.3. The van der Waals surface area contributed by atoms with Gasteiger partial charge in [0.25, 0.3) is 0 Å². The first-order chi connectivity index (χ1) is 10.8. The van der Waals surface area contributed by atoms with E-state index in [0.29, 0.717) is 0 Å². The van der Waals surface area contributed by atoms with E-state index in [1.54, 1.807) is 0 Å². The van der Waals surface area contributed by atoms with Gasteiger partial charge in [0, 0.05) is 19.7 Å². The van der Waals surface area contributed by atoms with Crippen molar-refractivity contribution in [2.75, 3.05) is 26.2 Å². The summed E-state index contributed by atoms with van der Waals surface area (Å²) < 4.78 is 5.95. The normalized spacial score (nSPS) is 23.7. The van der Waals surface area contributed by atoms with Crippen LogP contribution in [0, 0.1) is 0 Å². The van der Waals surface area contributed by atoms with Crippen molar-refractivity contribution in [1.29, 1.82) is 0 Å². The zero-order valence-electron chi connectivity index (χ0n) is 13.6. The molecule has 2 unspecified atom stereocenters. The van der Waals surface area contributed by atoms with E-state index in [4.69, 9.17) is 4.74 Å². The Morgan fingerprint density at radius 2 is 2.09 bits per heavy atom. The number of ether oxygens (including phenoxy) is 1. The van der Waals surface area contributed by atoms with Crippen LogP contribution in [0.15, 0.2) is 30.3 Å². The van der Waals surface area contributed by atoms with Crippen molar-refractivity contribution >= 4 is 18.3 Å². The quantitative estimate of drug-likeness (QED) is 0.810. The van der Waals surface area contributed by atoms with Gasteiger partial charge in [0.2, 0.25) is 5.91 Å². The second-order valence-corrected chi connectivity index (χ2v) is 6.30. The number of aryl methyl sites for hydroxylation is 1. The first kappa shape index (κ1) is 18.2. The summed E-state index contributed by atoms with van der Waals surface area (Å²) in [6, 6.07) is 10.6.